The molecule has 0 radical (unpaired) electrons. The normalized spacial score (nSPS) is 16.2. The average Bonchev–Trinajstić information content (AvgIpc) is 3.56. The van der Waals surface area contributed by atoms with Gasteiger partial charge in [0.25, 0.3) is 0 Å². The van der Waals surface area contributed by atoms with Crippen LogP contribution in [0.15, 0.2) is 30.7 Å². The summed E-state index contributed by atoms with van der Waals surface area (Å²) < 4.78 is 54.1. The van der Waals surface area contributed by atoms with Gasteiger partial charge in [-0.15, -0.1) is 0 Å². The molecule has 0 bridgehead atoms. The van der Waals surface area contributed by atoms with Crippen molar-refractivity contribution in [3.8, 4) is 0 Å². The van der Waals surface area contributed by atoms with E-state index in [-0.39, 0.29) is 23.3 Å². The van der Waals surface area contributed by atoms with Crippen molar-refractivity contribution in [2.75, 3.05) is 32.6 Å². The third-order valence-electron chi connectivity index (χ3n) is 8.72. The number of fused-ring (bicyclic) bond motifs is 2. The molecule has 1 unspecified atom stereocenters. The van der Waals surface area contributed by atoms with Crippen LogP contribution in [0.5, 0.6) is 0 Å². The smallest absolute Gasteiger partial charge is 0.376 e. The molecule has 1 saturated carbocycles. The SMILES string of the molecule is CC[C@H](CN(CCCCc1nc2cc(Cl)c(C(F)(F)F)cc2[nH]1)C(C)C)[C@@H](OC)C(OC)n1ccc2c(NC3CC3)ncnc21. The summed E-state index contributed by atoms with van der Waals surface area (Å²) in [6.45, 7) is 8.23. The Morgan fingerprint density at radius 1 is 1.16 bits per heavy atom. The summed E-state index contributed by atoms with van der Waals surface area (Å²) in [5.41, 5.74) is 0.726. The molecule has 0 saturated heterocycles. The molecule has 13 heteroatoms. The number of hydrogen-bond donors (Lipinski definition) is 2. The molecular weight excluding hydrogens is 607 g/mol. The first-order valence-electron chi connectivity index (χ1n) is 15.7. The van der Waals surface area contributed by atoms with Crippen LogP contribution >= 0.6 is 11.6 Å². The van der Waals surface area contributed by atoms with E-state index in [1.54, 1.807) is 20.5 Å². The summed E-state index contributed by atoms with van der Waals surface area (Å²) in [5.74, 6) is 1.68. The maximum Gasteiger partial charge on any atom is 0.417 e. The first-order chi connectivity index (χ1) is 21.5. The van der Waals surface area contributed by atoms with Gasteiger partial charge in [-0.2, -0.15) is 13.2 Å². The van der Waals surface area contributed by atoms with E-state index in [4.69, 9.17) is 21.1 Å². The second kappa shape index (κ2) is 14.2. The van der Waals surface area contributed by atoms with Gasteiger partial charge in [-0.3, -0.25) is 0 Å². The Kier molecular flexibility index (Phi) is 10.6. The van der Waals surface area contributed by atoms with Crippen LogP contribution in [0.2, 0.25) is 5.02 Å². The van der Waals surface area contributed by atoms with Crippen molar-refractivity contribution in [2.24, 2.45) is 5.92 Å². The second-order valence-corrected chi connectivity index (χ2v) is 12.6. The molecule has 1 aliphatic carbocycles. The zero-order valence-corrected chi connectivity index (χ0v) is 27.3. The number of halogens is 4. The van der Waals surface area contributed by atoms with Crippen LogP contribution in [-0.2, 0) is 22.1 Å². The van der Waals surface area contributed by atoms with E-state index in [0.29, 0.717) is 35.4 Å². The lowest BCUT2D eigenvalue weighted by Gasteiger charge is -2.37. The Hall–Kier alpha value is -2.93. The summed E-state index contributed by atoms with van der Waals surface area (Å²) >= 11 is 5.88. The molecule has 9 nitrogen and oxygen atoms in total. The quantitative estimate of drug-likeness (QED) is 0.122. The molecule has 3 atom stereocenters. The minimum atomic E-state index is -4.52. The van der Waals surface area contributed by atoms with Crippen molar-refractivity contribution in [3.05, 3.63) is 47.1 Å². The van der Waals surface area contributed by atoms with Crippen molar-refractivity contribution >= 4 is 39.5 Å². The number of anilines is 1. The fourth-order valence-corrected chi connectivity index (χ4v) is 6.28. The highest BCUT2D eigenvalue weighted by molar-refractivity contribution is 6.32. The number of aryl methyl sites for hydroxylation is 1. The molecule has 1 aromatic carbocycles. The molecule has 5 rings (SSSR count). The van der Waals surface area contributed by atoms with E-state index in [2.05, 4.69) is 50.9 Å². The monoisotopic (exact) mass is 649 g/mol. The van der Waals surface area contributed by atoms with Gasteiger partial charge in [0.15, 0.2) is 6.23 Å². The third-order valence-corrected chi connectivity index (χ3v) is 9.03. The number of aromatic nitrogens is 5. The minimum Gasteiger partial charge on any atom is -0.376 e. The van der Waals surface area contributed by atoms with E-state index in [0.717, 1.165) is 68.1 Å². The van der Waals surface area contributed by atoms with Gasteiger partial charge in [0.05, 0.1) is 27.0 Å². The summed E-state index contributed by atoms with van der Waals surface area (Å²) in [5, 5.41) is 4.12. The zero-order valence-electron chi connectivity index (χ0n) is 26.5. The Balaban J connectivity index is 1.23. The first-order valence-corrected chi connectivity index (χ1v) is 16.0. The van der Waals surface area contributed by atoms with Gasteiger partial charge in [0.1, 0.15) is 29.7 Å². The fraction of sp³-hybridized carbons (Fsp3) is 0.594. The highest BCUT2D eigenvalue weighted by Crippen LogP contribution is 2.37. The molecule has 0 amide bonds. The summed E-state index contributed by atoms with van der Waals surface area (Å²) in [7, 11) is 3.44. The Morgan fingerprint density at radius 3 is 2.58 bits per heavy atom. The molecule has 2 N–H and O–H groups in total. The van der Waals surface area contributed by atoms with E-state index < -0.39 is 11.7 Å². The standard InChI is InChI=1S/C32H43ClF3N7O2/c1-6-20(28(44-4)31(45-5)43-14-12-22-29(39-21-10-11-21)37-18-38-30(22)43)17-42(19(2)3)13-8-7-9-27-40-25-15-23(32(34,35)36)24(33)16-26(25)41-27/h12,14-16,18-21,28,31H,6-11,13,17H2,1-5H3,(H,40,41)(H,37,38,39)/t20-,28-,31?/m1/s1. The van der Waals surface area contributed by atoms with Crippen molar-refractivity contribution < 1.29 is 22.6 Å². The lowest BCUT2D eigenvalue weighted by Crippen LogP contribution is -2.43. The topological polar surface area (TPSA) is 93.1 Å². The fourth-order valence-electron chi connectivity index (χ4n) is 6.01. The molecule has 0 spiro atoms. The van der Waals surface area contributed by atoms with E-state index >= 15 is 0 Å². The minimum absolute atomic E-state index is 0.175. The predicted molar refractivity (Wildman–Crippen MR) is 171 cm³/mol. The maximum atomic E-state index is 13.3. The number of nitrogens with one attached hydrogen (secondary N) is 2. The zero-order chi connectivity index (χ0) is 32.3. The van der Waals surface area contributed by atoms with E-state index in [1.165, 1.54) is 6.07 Å². The molecule has 1 aliphatic rings. The van der Waals surface area contributed by atoms with E-state index in [1.807, 2.05) is 16.8 Å². The number of alkyl halides is 3. The predicted octanol–water partition coefficient (Wildman–Crippen LogP) is 7.47. The molecule has 4 aromatic rings. The van der Waals surface area contributed by atoms with Crippen LogP contribution in [0.1, 0.15) is 70.5 Å². The second-order valence-electron chi connectivity index (χ2n) is 12.2. The van der Waals surface area contributed by atoms with Crippen molar-refractivity contribution in [2.45, 2.75) is 89.9 Å². The number of ether oxygens (including phenoxy) is 2. The number of imidazole rings is 1. The lowest BCUT2D eigenvalue weighted by atomic mass is 9.96. The highest BCUT2D eigenvalue weighted by Gasteiger charge is 2.35. The average molecular weight is 650 g/mol. The molecule has 1 fully saturated rings. The van der Waals surface area contributed by atoms with Crippen LogP contribution in [0.25, 0.3) is 22.1 Å². The van der Waals surface area contributed by atoms with Crippen LogP contribution < -0.4 is 5.32 Å². The van der Waals surface area contributed by atoms with Gasteiger partial charge in [-0.1, -0.05) is 18.5 Å². The number of aromatic amines is 1. The van der Waals surface area contributed by atoms with Gasteiger partial charge in [0.2, 0.25) is 0 Å². The van der Waals surface area contributed by atoms with Crippen molar-refractivity contribution in [1.29, 1.82) is 0 Å². The summed E-state index contributed by atoms with van der Waals surface area (Å²) in [6.07, 6.45) is 4.05. The molecule has 0 aliphatic heterocycles. The molecule has 246 valence electrons. The van der Waals surface area contributed by atoms with Crippen LogP contribution in [0.4, 0.5) is 19.0 Å². The largest absolute Gasteiger partial charge is 0.417 e. The molecule has 3 aromatic heterocycles. The summed E-state index contributed by atoms with van der Waals surface area (Å²) in [4.78, 5) is 19.0. The van der Waals surface area contributed by atoms with Crippen molar-refractivity contribution in [3.63, 3.8) is 0 Å². The van der Waals surface area contributed by atoms with E-state index in [9.17, 15) is 13.2 Å². The lowest BCUT2D eigenvalue weighted by molar-refractivity contribution is -0.137. The number of H-pyrrole nitrogens is 1. The number of unbranched alkanes of at least 4 members (excludes halogenated alkanes) is 1. The number of nitrogens with zero attached hydrogens (tertiary/aromatic N) is 5. The molecular formula is C32H43ClF3N7O2. The number of rotatable bonds is 16. The van der Waals surface area contributed by atoms with Crippen LogP contribution in [-0.4, -0.2) is 74.9 Å². The Labute approximate surface area is 266 Å². The number of hydrogen-bond acceptors (Lipinski definition) is 7. The molecule has 3 heterocycles. The maximum absolute atomic E-state index is 13.3. The third kappa shape index (κ3) is 7.73. The Morgan fingerprint density at radius 2 is 1.93 bits per heavy atom. The van der Waals surface area contributed by atoms with Gasteiger partial charge in [0, 0.05) is 51.4 Å². The van der Waals surface area contributed by atoms with Crippen molar-refractivity contribution in [1.82, 2.24) is 29.4 Å². The van der Waals surface area contributed by atoms with Crippen LogP contribution in [0, 0.1) is 5.92 Å². The van der Waals surface area contributed by atoms with Gasteiger partial charge < -0.3 is 29.2 Å². The number of methoxy groups -OCH3 is 2. The molecule has 45 heavy (non-hydrogen) atoms. The van der Waals surface area contributed by atoms with Crippen LogP contribution in [0.3, 0.4) is 0 Å². The van der Waals surface area contributed by atoms with Gasteiger partial charge >= 0.3 is 6.18 Å². The number of benzene rings is 1. The first kappa shape index (κ1) is 33.4. The highest BCUT2D eigenvalue weighted by atomic mass is 35.5. The van der Waals surface area contributed by atoms with Gasteiger partial charge in [-0.25, -0.2) is 15.0 Å². The van der Waals surface area contributed by atoms with Gasteiger partial charge in [-0.05, 0) is 70.7 Å². The summed E-state index contributed by atoms with van der Waals surface area (Å²) in [6, 6.07) is 5.13. The Bertz CT molecular complexity index is 1570.